The first kappa shape index (κ1) is 28.7. The minimum absolute atomic E-state index is 0.197. The molecular weight excluding hydrogens is 514 g/mol. The van der Waals surface area contributed by atoms with E-state index in [2.05, 4.69) is 31.1 Å². The van der Waals surface area contributed by atoms with Gasteiger partial charge in [0.2, 0.25) is 0 Å². The highest BCUT2D eigenvalue weighted by atomic mass is 28.4. The molecule has 0 saturated heterocycles. The van der Waals surface area contributed by atoms with Crippen LogP contribution < -0.4 is 15.7 Å². The number of nitrogens with one attached hydrogen (secondary N) is 2. The molecule has 4 rings (SSSR count). The molecule has 0 fully saturated rings. The Morgan fingerprint density at radius 2 is 1.59 bits per heavy atom. The maximum atomic E-state index is 15.4. The molecule has 1 unspecified atom stereocenters. The monoisotopic (exact) mass is 550 g/mol. The summed E-state index contributed by atoms with van der Waals surface area (Å²) in [5, 5.41) is 14.6. The quantitative estimate of drug-likeness (QED) is 0.213. The number of aromatic amines is 1. The highest BCUT2D eigenvalue weighted by molar-refractivity contribution is 6.99. The third-order valence-corrected chi connectivity index (χ3v) is 12.1. The van der Waals surface area contributed by atoms with Crippen molar-refractivity contribution in [3.8, 4) is 0 Å². The number of carboxylic acid groups (broad SMARTS) is 1. The summed E-state index contributed by atoms with van der Waals surface area (Å²) in [7, 11) is -3.06. The Balaban J connectivity index is 1.48. The number of hydrogen-bond donors (Lipinski definition) is 3. The summed E-state index contributed by atoms with van der Waals surface area (Å²) >= 11 is 0. The minimum atomic E-state index is -3.09. The molecule has 1 aromatic heterocycles. The van der Waals surface area contributed by atoms with Gasteiger partial charge in [-0.3, -0.25) is 0 Å². The average molecular weight is 551 g/mol. The maximum absolute atomic E-state index is 15.4. The number of halogens is 2. The van der Waals surface area contributed by atoms with E-state index in [0.717, 1.165) is 21.3 Å². The SMILES string of the molecule is CC(Cc1c[nH]c2cc(C(=O)O)ccc12)NCC(F)(F)CO[Si](c1ccccc1)(c1ccccc1)C(C)(C)C. The molecule has 0 spiro atoms. The molecule has 0 aliphatic carbocycles. The van der Waals surface area contributed by atoms with Crippen molar-refractivity contribution in [1.82, 2.24) is 10.3 Å². The lowest BCUT2D eigenvalue weighted by molar-refractivity contribution is -0.0433. The average Bonchev–Trinajstić information content (AvgIpc) is 3.30. The Kier molecular flexibility index (Phi) is 8.39. The highest BCUT2D eigenvalue weighted by Crippen LogP contribution is 2.37. The molecule has 0 saturated carbocycles. The largest absolute Gasteiger partial charge is 0.478 e. The van der Waals surface area contributed by atoms with Crippen LogP contribution in [-0.2, 0) is 10.8 Å². The third-order valence-electron chi connectivity index (χ3n) is 7.17. The van der Waals surface area contributed by atoms with Gasteiger partial charge in [0, 0.05) is 23.1 Å². The molecule has 0 aliphatic rings. The van der Waals surface area contributed by atoms with Gasteiger partial charge in [-0.25, -0.2) is 13.6 Å². The smallest absolute Gasteiger partial charge is 0.335 e. The summed E-state index contributed by atoms with van der Waals surface area (Å²) in [6.45, 7) is 6.86. The van der Waals surface area contributed by atoms with Crippen molar-refractivity contribution < 1.29 is 23.1 Å². The zero-order valence-corrected chi connectivity index (χ0v) is 23.8. The van der Waals surface area contributed by atoms with E-state index in [-0.39, 0.29) is 16.6 Å². The fourth-order valence-corrected chi connectivity index (χ4v) is 9.82. The summed E-state index contributed by atoms with van der Waals surface area (Å²) < 4.78 is 37.2. The molecule has 1 atom stereocenters. The standard InChI is InChI=1S/C31H36F2N2O3Si/c1-22(17-24-19-34-28-18-23(29(36)37)15-16-27(24)28)35-20-31(32,33)21-38-39(30(2,3)4,25-11-7-5-8-12-25)26-13-9-6-10-14-26/h5-16,18-19,22,34-35H,17,20-21H2,1-4H3,(H,36,37). The first-order valence-corrected chi connectivity index (χ1v) is 15.0. The number of aromatic nitrogens is 1. The maximum Gasteiger partial charge on any atom is 0.335 e. The molecule has 206 valence electrons. The third kappa shape index (κ3) is 6.29. The highest BCUT2D eigenvalue weighted by Gasteiger charge is 2.51. The molecule has 3 N–H and O–H groups in total. The van der Waals surface area contributed by atoms with Crippen molar-refractivity contribution >= 4 is 35.6 Å². The zero-order chi connectivity index (χ0) is 28.3. The number of fused-ring (bicyclic) bond motifs is 1. The minimum Gasteiger partial charge on any atom is -0.478 e. The second-order valence-electron chi connectivity index (χ2n) is 11.2. The van der Waals surface area contributed by atoms with Gasteiger partial charge in [-0.2, -0.15) is 0 Å². The topological polar surface area (TPSA) is 74.4 Å². The van der Waals surface area contributed by atoms with Crippen molar-refractivity contribution in [2.24, 2.45) is 0 Å². The molecule has 0 aliphatic heterocycles. The summed E-state index contributed by atoms with van der Waals surface area (Å²) in [5.41, 5.74) is 1.84. The van der Waals surface area contributed by atoms with Gasteiger partial charge in [-0.05, 0) is 46.5 Å². The van der Waals surface area contributed by atoms with E-state index >= 15 is 8.78 Å². The summed E-state index contributed by atoms with van der Waals surface area (Å²) in [4.78, 5) is 14.3. The van der Waals surface area contributed by atoms with E-state index in [1.54, 1.807) is 24.4 Å². The van der Waals surface area contributed by atoms with E-state index in [1.807, 2.05) is 67.6 Å². The van der Waals surface area contributed by atoms with Crippen molar-refractivity contribution in [2.75, 3.05) is 13.2 Å². The number of rotatable bonds is 11. The van der Waals surface area contributed by atoms with Gasteiger partial charge in [0.05, 0.1) is 18.7 Å². The zero-order valence-electron chi connectivity index (χ0n) is 22.8. The number of carbonyl (C=O) groups is 1. The summed E-state index contributed by atoms with van der Waals surface area (Å²) in [6.07, 6.45) is 2.32. The Hall–Kier alpha value is -3.33. The number of H-pyrrole nitrogens is 1. The molecule has 0 bridgehead atoms. The van der Waals surface area contributed by atoms with Gasteiger partial charge >= 0.3 is 5.97 Å². The van der Waals surface area contributed by atoms with Crippen molar-refractivity contribution in [1.29, 1.82) is 0 Å². The second kappa shape index (κ2) is 11.4. The fourth-order valence-electron chi connectivity index (χ4n) is 5.24. The van der Waals surface area contributed by atoms with Crippen LogP contribution in [0.2, 0.25) is 5.04 Å². The van der Waals surface area contributed by atoms with Crippen LogP contribution in [0.5, 0.6) is 0 Å². The van der Waals surface area contributed by atoms with Crippen LogP contribution in [0.25, 0.3) is 10.9 Å². The van der Waals surface area contributed by atoms with Gasteiger partial charge in [0.1, 0.15) is 0 Å². The molecule has 1 heterocycles. The summed E-state index contributed by atoms with van der Waals surface area (Å²) in [5.74, 6) is -4.08. The van der Waals surface area contributed by atoms with Crippen LogP contribution in [0.1, 0.15) is 43.6 Å². The van der Waals surface area contributed by atoms with E-state index in [9.17, 15) is 9.90 Å². The van der Waals surface area contributed by atoms with Crippen LogP contribution in [0.4, 0.5) is 8.78 Å². The number of alkyl halides is 2. The van der Waals surface area contributed by atoms with Crippen LogP contribution in [0, 0.1) is 0 Å². The van der Waals surface area contributed by atoms with Gasteiger partial charge in [-0.1, -0.05) is 87.5 Å². The Morgan fingerprint density at radius 3 is 2.13 bits per heavy atom. The number of hydrogen-bond acceptors (Lipinski definition) is 3. The molecule has 5 nitrogen and oxygen atoms in total. The van der Waals surface area contributed by atoms with Crippen molar-refractivity contribution in [3.05, 3.63) is 96.2 Å². The van der Waals surface area contributed by atoms with Crippen LogP contribution in [0.15, 0.2) is 85.1 Å². The second-order valence-corrected chi connectivity index (χ2v) is 15.5. The number of benzene rings is 3. The molecule has 8 heteroatoms. The normalized spacial score (nSPS) is 13.5. The molecule has 3 aromatic carbocycles. The van der Waals surface area contributed by atoms with Crippen LogP contribution in [-0.4, -0.2) is 49.5 Å². The number of aromatic carboxylic acids is 1. The molecular formula is C31H36F2N2O3Si. The molecule has 39 heavy (non-hydrogen) atoms. The molecule has 0 radical (unpaired) electrons. The first-order chi connectivity index (χ1) is 18.4. The lowest BCUT2D eigenvalue weighted by Crippen LogP contribution is -2.67. The molecule has 4 aromatic rings. The Bertz CT molecular complexity index is 1360. The van der Waals surface area contributed by atoms with E-state index in [0.29, 0.717) is 11.9 Å². The lowest BCUT2D eigenvalue weighted by atomic mass is 10.0. The van der Waals surface area contributed by atoms with Crippen LogP contribution >= 0.6 is 0 Å². The van der Waals surface area contributed by atoms with Gasteiger partial charge in [-0.15, -0.1) is 0 Å². The predicted octanol–water partition coefficient (Wildman–Crippen LogP) is 5.60. The van der Waals surface area contributed by atoms with E-state index < -0.39 is 33.4 Å². The van der Waals surface area contributed by atoms with Crippen LogP contribution in [0.3, 0.4) is 0 Å². The number of carboxylic acids is 1. The van der Waals surface area contributed by atoms with Crippen molar-refractivity contribution in [2.45, 2.75) is 51.1 Å². The Labute approximate surface area is 229 Å². The van der Waals surface area contributed by atoms with Gasteiger partial charge < -0.3 is 19.8 Å². The fraction of sp³-hybridized carbons (Fsp3) is 0.323. The predicted molar refractivity (Wildman–Crippen MR) is 155 cm³/mol. The van der Waals surface area contributed by atoms with Crippen molar-refractivity contribution in [3.63, 3.8) is 0 Å². The van der Waals surface area contributed by atoms with E-state index in [4.69, 9.17) is 4.43 Å². The molecule has 0 amide bonds. The van der Waals surface area contributed by atoms with E-state index in [1.165, 1.54) is 0 Å². The Morgan fingerprint density at radius 1 is 1.00 bits per heavy atom. The van der Waals surface area contributed by atoms with Gasteiger partial charge in [0.25, 0.3) is 14.2 Å². The lowest BCUT2D eigenvalue weighted by Gasteiger charge is -2.43. The van der Waals surface area contributed by atoms with Gasteiger partial charge in [0.15, 0.2) is 0 Å². The summed E-state index contributed by atoms with van der Waals surface area (Å²) in [6, 6.07) is 24.2. The first-order valence-electron chi connectivity index (χ1n) is 13.1.